The summed E-state index contributed by atoms with van der Waals surface area (Å²) in [6.45, 7) is 6.59. The Kier molecular flexibility index (Phi) is 4.35. The minimum Gasteiger partial charge on any atom is -0.486 e. The maximum absolute atomic E-state index is 12.1. The van der Waals surface area contributed by atoms with E-state index in [9.17, 15) is 4.79 Å². The first-order valence-electron chi connectivity index (χ1n) is 6.33. The quantitative estimate of drug-likeness (QED) is 0.851. The number of fused-ring (bicyclic) bond motifs is 1. The number of carbonyl (C=O) groups excluding carboxylic acids is 1. The maximum Gasteiger partial charge on any atom is 0.243 e. The lowest BCUT2D eigenvalue weighted by atomic mass is 10.1. The summed E-state index contributed by atoms with van der Waals surface area (Å²) in [5.74, 6) is 0.752. The molecule has 0 fully saturated rings. The third kappa shape index (κ3) is 3.49. The average molecular weight is 318 g/mol. The highest BCUT2D eigenvalue weighted by Crippen LogP contribution is 2.40. The first kappa shape index (κ1) is 15.3. The van der Waals surface area contributed by atoms with Crippen molar-refractivity contribution in [1.82, 2.24) is 5.32 Å². The second-order valence-corrected chi connectivity index (χ2v) is 6.47. The van der Waals surface area contributed by atoms with Gasteiger partial charge in [0.05, 0.1) is 5.02 Å². The van der Waals surface area contributed by atoms with Gasteiger partial charge in [-0.25, -0.2) is 0 Å². The number of hydrogen-bond acceptors (Lipinski definition) is 3. The minimum atomic E-state index is -0.831. The largest absolute Gasteiger partial charge is 0.486 e. The number of nitrogens with one attached hydrogen (secondary N) is 1. The molecule has 1 heterocycles. The van der Waals surface area contributed by atoms with Gasteiger partial charge in [-0.3, -0.25) is 4.79 Å². The van der Waals surface area contributed by atoms with E-state index in [1.165, 1.54) is 0 Å². The lowest BCUT2D eigenvalue weighted by Crippen LogP contribution is -2.42. The van der Waals surface area contributed by atoms with Crippen LogP contribution in [0.3, 0.4) is 0 Å². The van der Waals surface area contributed by atoms with Crippen molar-refractivity contribution < 1.29 is 14.3 Å². The molecule has 0 spiro atoms. The predicted octanol–water partition coefficient (Wildman–Crippen LogP) is 3.31. The van der Waals surface area contributed by atoms with Crippen LogP contribution in [0.25, 0.3) is 0 Å². The highest BCUT2D eigenvalue weighted by molar-refractivity contribution is 6.33. The van der Waals surface area contributed by atoms with Gasteiger partial charge in [0.15, 0.2) is 11.5 Å². The Hall–Kier alpha value is -1.13. The molecule has 6 heteroatoms. The van der Waals surface area contributed by atoms with Crippen LogP contribution in [-0.4, -0.2) is 24.7 Å². The Morgan fingerprint density at radius 2 is 1.95 bits per heavy atom. The molecule has 2 rings (SSSR count). The average Bonchev–Trinajstić information content (AvgIpc) is 2.35. The molecular formula is C14H17Cl2NO3. The monoisotopic (exact) mass is 317 g/mol. The summed E-state index contributed by atoms with van der Waals surface area (Å²) in [6, 6.07) is 3.33. The van der Waals surface area contributed by atoms with Gasteiger partial charge in [-0.05, 0) is 38.5 Å². The molecule has 110 valence electrons. The molecule has 0 bridgehead atoms. The molecule has 0 radical (unpaired) electrons. The highest BCUT2D eigenvalue weighted by Gasteiger charge is 2.25. The van der Waals surface area contributed by atoms with Crippen molar-refractivity contribution >= 4 is 29.1 Å². The Bertz CT molecular complexity index is 526. The van der Waals surface area contributed by atoms with Crippen molar-refractivity contribution in [2.75, 3.05) is 13.2 Å². The van der Waals surface area contributed by atoms with E-state index in [0.717, 1.165) is 0 Å². The van der Waals surface area contributed by atoms with Crippen LogP contribution in [0, 0.1) is 0 Å². The summed E-state index contributed by atoms with van der Waals surface area (Å²) in [5.41, 5.74) is 0.240. The summed E-state index contributed by atoms with van der Waals surface area (Å²) >= 11 is 12.3. The maximum atomic E-state index is 12.1. The van der Waals surface area contributed by atoms with Crippen molar-refractivity contribution in [2.24, 2.45) is 0 Å². The number of benzene rings is 1. The van der Waals surface area contributed by atoms with Gasteiger partial charge in [0, 0.05) is 5.54 Å². The van der Waals surface area contributed by atoms with Crippen LogP contribution in [-0.2, 0) is 4.79 Å². The van der Waals surface area contributed by atoms with Crippen molar-refractivity contribution in [2.45, 2.75) is 31.7 Å². The van der Waals surface area contributed by atoms with E-state index in [1.807, 2.05) is 20.8 Å². The van der Waals surface area contributed by atoms with Crippen LogP contribution < -0.4 is 14.8 Å². The van der Waals surface area contributed by atoms with Crippen LogP contribution in [0.15, 0.2) is 12.1 Å². The highest BCUT2D eigenvalue weighted by atomic mass is 35.5. The number of alkyl halides is 1. The third-order valence-electron chi connectivity index (χ3n) is 2.64. The summed E-state index contributed by atoms with van der Waals surface area (Å²) in [5, 5.41) is 2.39. The summed E-state index contributed by atoms with van der Waals surface area (Å²) in [7, 11) is 0. The van der Waals surface area contributed by atoms with Crippen molar-refractivity contribution in [3.05, 3.63) is 22.7 Å². The first-order valence-corrected chi connectivity index (χ1v) is 7.14. The molecule has 0 saturated heterocycles. The number of ether oxygens (including phenoxy) is 2. The number of halogens is 2. The Morgan fingerprint density at radius 3 is 2.60 bits per heavy atom. The molecule has 0 aliphatic carbocycles. The lowest BCUT2D eigenvalue weighted by molar-refractivity contribution is -0.122. The predicted molar refractivity (Wildman–Crippen MR) is 78.9 cm³/mol. The lowest BCUT2D eigenvalue weighted by Gasteiger charge is -2.24. The molecule has 1 aromatic carbocycles. The van der Waals surface area contributed by atoms with Crippen LogP contribution in [0.5, 0.6) is 11.5 Å². The Labute approximate surface area is 128 Å². The normalized spacial score (nSPS) is 15.7. The standard InChI is InChI=1S/C14H17Cl2NO3/c1-14(2,3)17-13(18)11(16)8-6-9(15)12-10(7-8)19-4-5-20-12/h6-7,11H,4-5H2,1-3H3,(H,17,18). The molecule has 1 aliphatic heterocycles. The Morgan fingerprint density at radius 1 is 1.30 bits per heavy atom. The molecule has 1 unspecified atom stereocenters. The number of rotatable bonds is 2. The van der Waals surface area contributed by atoms with E-state index in [-0.39, 0.29) is 11.4 Å². The number of carbonyl (C=O) groups is 1. The summed E-state index contributed by atoms with van der Waals surface area (Å²) in [6.07, 6.45) is 0. The van der Waals surface area contributed by atoms with Crippen molar-refractivity contribution in [3.8, 4) is 11.5 Å². The molecule has 1 aliphatic rings. The van der Waals surface area contributed by atoms with Gasteiger partial charge < -0.3 is 14.8 Å². The van der Waals surface area contributed by atoms with E-state index in [1.54, 1.807) is 12.1 Å². The molecule has 20 heavy (non-hydrogen) atoms. The van der Waals surface area contributed by atoms with Crippen molar-refractivity contribution in [3.63, 3.8) is 0 Å². The van der Waals surface area contributed by atoms with Gasteiger partial charge in [0.2, 0.25) is 5.91 Å². The zero-order chi connectivity index (χ0) is 14.9. The summed E-state index contributed by atoms with van der Waals surface area (Å²) in [4.78, 5) is 12.1. The second-order valence-electron chi connectivity index (χ2n) is 5.63. The fourth-order valence-electron chi connectivity index (χ4n) is 1.86. The van der Waals surface area contributed by atoms with Gasteiger partial charge in [0.25, 0.3) is 0 Å². The second kappa shape index (κ2) is 5.70. The molecule has 1 N–H and O–H groups in total. The van der Waals surface area contributed by atoms with Gasteiger partial charge in [0.1, 0.15) is 18.6 Å². The molecule has 4 nitrogen and oxygen atoms in total. The van der Waals surface area contributed by atoms with E-state index in [0.29, 0.717) is 35.3 Å². The van der Waals surface area contributed by atoms with E-state index >= 15 is 0 Å². The first-order chi connectivity index (χ1) is 9.28. The SMILES string of the molecule is CC(C)(C)NC(=O)C(Cl)c1cc(Cl)c2c(c1)OCCO2. The van der Waals surface area contributed by atoms with Crippen LogP contribution in [0.1, 0.15) is 31.7 Å². The van der Waals surface area contributed by atoms with E-state index in [2.05, 4.69) is 5.32 Å². The smallest absolute Gasteiger partial charge is 0.243 e. The number of hydrogen-bond donors (Lipinski definition) is 1. The van der Waals surface area contributed by atoms with E-state index in [4.69, 9.17) is 32.7 Å². The minimum absolute atomic E-state index is 0.271. The van der Waals surface area contributed by atoms with Crippen LogP contribution in [0.4, 0.5) is 0 Å². The van der Waals surface area contributed by atoms with Gasteiger partial charge in [-0.1, -0.05) is 11.6 Å². The van der Waals surface area contributed by atoms with Gasteiger partial charge in [-0.2, -0.15) is 0 Å². The van der Waals surface area contributed by atoms with Crippen LogP contribution in [0.2, 0.25) is 5.02 Å². The summed E-state index contributed by atoms with van der Waals surface area (Å²) < 4.78 is 10.9. The Balaban J connectivity index is 2.24. The van der Waals surface area contributed by atoms with Gasteiger partial charge >= 0.3 is 0 Å². The number of amides is 1. The third-order valence-corrected chi connectivity index (χ3v) is 3.37. The molecule has 1 atom stereocenters. The molecule has 0 saturated carbocycles. The van der Waals surface area contributed by atoms with E-state index < -0.39 is 5.38 Å². The molecule has 1 aromatic rings. The van der Waals surface area contributed by atoms with Crippen molar-refractivity contribution in [1.29, 1.82) is 0 Å². The molecular weight excluding hydrogens is 301 g/mol. The zero-order valence-electron chi connectivity index (χ0n) is 11.6. The fraction of sp³-hybridized carbons (Fsp3) is 0.500. The topological polar surface area (TPSA) is 47.6 Å². The van der Waals surface area contributed by atoms with Gasteiger partial charge in [-0.15, -0.1) is 11.6 Å². The zero-order valence-corrected chi connectivity index (χ0v) is 13.1. The van der Waals surface area contributed by atoms with Crippen LogP contribution >= 0.6 is 23.2 Å². The fourth-order valence-corrected chi connectivity index (χ4v) is 2.32. The molecule has 0 aromatic heterocycles. The molecule has 1 amide bonds.